The van der Waals surface area contributed by atoms with Gasteiger partial charge < -0.3 is 0 Å². The number of rotatable bonds is 5. The molecule has 0 amide bonds. The summed E-state index contributed by atoms with van der Waals surface area (Å²) >= 11 is 0. The molecule has 0 unspecified atom stereocenters. The fourth-order valence-electron chi connectivity index (χ4n) is 3.68. The molecule has 0 aromatic heterocycles. The third kappa shape index (κ3) is 3.50. The first-order valence-electron chi connectivity index (χ1n) is 8.99. The van der Waals surface area contributed by atoms with E-state index in [2.05, 4.69) is 53.4 Å². The van der Waals surface area contributed by atoms with Gasteiger partial charge >= 0.3 is 0 Å². The van der Waals surface area contributed by atoms with Crippen molar-refractivity contribution in [2.45, 2.75) is 24.1 Å². The Balaban J connectivity index is 1.55. The van der Waals surface area contributed by atoms with Crippen molar-refractivity contribution in [3.05, 3.63) is 71.8 Å². The van der Waals surface area contributed by atoms with Crippen molar-refractivity contribution in [2.75, 3.05) is 26.2 Å². The Morgan fingerprint density at radius 1 is 0.760 bits per heavy atom. The zero-order valence-electron chi connectivity index (χ0n) is 14.3. The van der Waals surface area contributed by atoms with Crippen LogP contribution in [0.4, 0.5) is 0 Å². The fourth-order valence-corrected chi connectivity index (χ4v) is 5.50. The second-order valence-electron chi connectivity index (χ2n) is 6.90. The van der Waals surface area contributed by atoms with Crippen molar-refractivity contribution < 1.29 is 8.42 Å². The molecule has 132 valence electrons. The normalized spacial score (nSPS) is 20.0. The summed E-state index contributed by atoms with van der Waals surface area (Å²) in [6.07, 6.45) is 1.67. The molecule has 0 radical (unpaired) electrons. The van der Waals surface area contributed by atoms with Gasteiger partial charge in [0.25, 0.3) is 0 Å². The number of hydrogen-bond acceptors (Lipinski definition) is 3. The fraction of sp³-hybridized carbons (Fsp3) is 0.400. The van der Waals surface area contributed by atoms with E-state index in [4.69, 9.17) is 0 Å². The summed E-state index contributed by atoms with van der Waals surface area (Å²) in [5.74, 6) is 0. The van der Waals surface area contributed by atoms with Crippen LogP contribution in [-0.4, -0.2) is 49.1 Å². The molecule has 1 saturated carbocycles. The topological polar surface area (TPSA) is 40.6 Å². The lowest BCUT2D eigenvalue weighted by atomic mass is 9.96. The molecule has 1 aliphatic heterocycles. The van der Waals surface area contributed by atoms with E-state index in [1.807, 2.05) is 12.1 Å². The molecule has 0 atom stereocenters. The van der Waals surface area contributed by atoms with Gasteiger partial charge in [-0.2, -0.15) is 4.31 Å². The predicted molar refractivity (Wildman–Crippen MR) is 99.8 cm³/mol. The van der Waals surface area contributed by atoms with Gasteiger partial charge in [-0.05, 0) is 24.0 Å². The highest BCUT2D eigenvalue weighted by molar-refractivity contribution is 7.90. The monoisotopic (exact) mass is 356 g/mol. The Kier molecular flexibility index (Phi) is 4.63. The Labute approximate surface area is 150 Å². The second kappa shape index (κ2) is 6.90. The maximum atomic E-state index is 12.5. The van der Waals surface area contributed by atoms with E-state index in [-0.39, 0.29) is 11.3 Å². The van der Waals surface area contributed by atoms with Gasteiger partial charge in [0, 0.05) is 26.2 Å². The average molecular weight is 356 g/mol. The molecule has 2 aromatic rings. The van der Waals surface area contributed by atoms with Gasteiger partial charge in [-0.1, -0.05) is 60.7 Å². The van der Waals surface area contributed by atoms with Crippen molar-refractivity contribution in [3.63, 3.8) is 0 Å². The minimum atomic E-state index is -3.06. The maximum Gasteiger partial charge on any atom is 0.217 e. The molecular formula is C20H24N2O2S. The molecule has 1 aliphatic carbocycles. The quantitative estimate of drug-likeness (QED) is 0.827. The van der Waals surface area contributed by atoms with Gasteiger partial charge in [0.05, 0.1) is 11.3 Å². The maximum absolute atomic E-state index is 12.5. The van der Waals surface area contributed by atoms with E-state index in [1.54, 1.807) is 4.31 Å². The largest absolute Gasteiger partial charge is 0.290 e. The van der Waals surface area contributed by atoms with Crippen molar-refractivity contribution in [2.24, 2.45) is 0 Å². The standard InChI is InChI=1S/C20H24N2O2S/c23-25(24,19-11-12-19)22-15-13-21(14-16-22)20(17-7-3-1-4-8-17)18-9-5-2-6-10-18/h1-10,19-20H,11-16H2. The average Bonchev–Trinajstić information content (AvgIpc) is 3.50. The predicted octanol–water partition coefficient (Wildman–Crippen LogP) is 2.89. The molecule has 4 nitrogen and oxygen atoms in total. The molecule has 5 heteroatoms. The van der Waals surface area contributed by atoms with Crippen LogP contribution in [0.3, 0.4) is 0 Å². The smallest absolute Gasteiger partial charge is 0.217 e. The highest BCUT2D eigenvalue weighted by atomic mass is 32.2. The molecule has 2 aromatic carbocycles. The van der Waals surface area contributed by atoms with Gasteiger partial charge in [0.2, 0.25) is 10.0 Å². The van der Waals surface area contributed by atoms with Crippen LogP contribution in [0.2, 0.25) is 0 Å². The lowest BCUT2D eigenvalue weighted by Gasteiger charge is -2.39. The lowest BCUT2D eigenvalue weighted by Crippen LogP contribution is -2.50. The van der Waals surface area contributed by atoms with E-state index in [1.165, 1.54) is 11.1 Å². The number of benzene rings is 2. The third-order valence-corrected chi connectivity index (χ3v) is 7.57. The highest BCUT2D eigenvalue weighted by Crippen LogP contribution is 2.33. The molecule has 4 rings (SSSR count). The lowest BCUT2D eigenvalue weighted by molar-refractivity contribution is 0.155. The van der Waals surface area contributed by atoms with Crippen molar-refractivity contribution in [1.82, 2.24) is 9.21 Å². The molecular weight excluding hydrogens is 332 g/mol. The molecule has 2 aliphatic rings. The van der Waals surface area contributed by atoms with Gasteiger partial charge in [0.15, 0.2) is 0 Å². The van der Waals surface area contributed by atoms with Crippen molar-refractivity contribution in [3.8, 4) is 0 Å². The van der Waals surface area contributed by atoms with Gasteiger partial charge in [-0.3, -0.25) is 4.90 Å². The third-order valence-electron chi connectivity index (χ3n) is 5.17. The SMILES string of the molecule is O=S(=O)(C1CC1)N1CCN(C(c2ccccc2)c2ccccc2)CC1. The summed E-state index contributed by atoms with van der Waals surface area (Å²) in [7, 11) is -3.06. The molecule has 0 spiro atoms. The summed E-state index contributed by atoms with van der Waals surface area (Å²) in [6, 6.07) is 21.1. The number of nitrogens with zero attached hydrogens (tertiary/aromatic N) is 2. The van der Waals surface area contributed by atoms with Crippen LogP contribution in [0.15, 0.2) is 60.7 Å². The van der Waals surface area contributed by atoms with Crippen LogP contribution in [-0.2, 0) is 10.0 Å². The Morgan fingerprint density at radius 2 is 1.24 bits per heavy atom. The second-order valence-corrected chi connectivity index (χ2v) is 9.12. The van der Waals surface area contributed by atoms with Crippen LogP contribution >= 0.6 is 0 Å². The summed E-state index contributed by atoms with van der Waals surface area (Å²) < 4.78 is 26.6. The van der Waals surface area contributed by atoms with Crippen LogP contribution in [0, 0.1) is 0 Å². The number of sulfonamides is 1. The van der Waals surface area contributed by atoms with E-state index in [9.17, 15) is 8.42 Å². The van der Waals surface area contributed by atoms with Gasteiger partial charge in [-0.25, -0.2) is 8.42 Å². The Bertz CT molecular complexity index is 757. The molecule has 0 bridgehead atoms. The van der Waals surface area contributed by atoms with E-state index in [0.717, 1.165) is 25.9 Å². The first kappa shape index (κ1) is 16.8. The summed E-state index contributed by atoms with van der Waals surface area (Å²) in [4.78, 5) is 2.41. The molecule has 1 saturated heterocycles. The first-order valence-corrected chi connectivity index (χ1v) is 10.5. The Morgan fingerprint density at radius 3 is 1.68 bits per heavy atom. The van der Waals surface area contributed by atoms with E-state index in [0.29, 0.717) is 13.1 Å². The van der Waals surface area contributed by atoms with E-state index >= 15 is 0 Å². The first-order chi connectivity index (χ1) is 12.2. The van der Waals surface area contributed by atoms with Crippen LogP contribution in [0.5, 0.6) is 0 Å². The van der Waals surface area contributed by atoms with Crippen LogP contribution in [0.1, 0.15) is 30.0 Å². The number of hydrogen-bond donors (Lipinski definition) is 0. The zero-order valence-corrected chi connectivity index (χ0v) is 15.1. The molecule has 1 heterocycles. The zero-order chi connectivity index (χ0) is 17.3. The molecule has 0 N–H and O–H groups in total. The van der Waals surface area contributed by atoms with Crippen molar-refractivity contribution >= 4 is 10.0 Å². The minimum Gasteiger partial charge on any atom is -0.290 e. The minimum absolute atomic E-state index is 0.113. The highest BCUT2D eigenvalue weighted by Gasteiger charge is 2.41. The molecule has 25 heavy (non-hydrogen) atoms. The summed E-state index contributed by atoms with van der Waals surface area (Å²) in [5, 5.41) is -0.113. The van der Waals surface area contributed by atoms with Crippen LogP contribution < -0.4 is 0 Å². The van der Waals surface area contributed by atoms with Gasteiger partial charge in [-0.15, -0.1) is 0 Å². The van der Waals surface area contributed by atoms with Crippen LogP contribution in [0.25, 0.3) is 0 Å². The number of piperazine rings is 1. The molecule has 2 fully saturated rings. The van der Waals surface area contributed by atoms with Gasteiger partial charge in [0.1, 0.15) is 0 Å². The summed E-state index contributed by atoms with van der Waals surface area (Å²) in [5.41, 5.74) is 2.51. The van der Waals surface area contributed by atoms with Crippen molar-refractivity contribution in [1.29, 1.82) is 0 Å². The Hall–Kier alpha value is -1.69. The summed E-state index contributed by atoms with van der Waals surface area (Å²) in [6.45, 7) is 2.71. The van der Waals surface area contributed by atoms with E-state index < -0.39 is 10.0 Å².